The summed E-state index contributed by atoms with van der Waals surface area (Å²) in [6.07, 6.45) is 26.8. The smallest absolute Gasteiger partial charge is 0.357 e. The molecule has 450 valence electrons. The molecule has 3 heterocycles. The molecule has 0 saturated carbocycles. The van der Waals surface area contributed by atoms with Crippen molar-refractivity contribution in [3.8, 4) is 42.4 Å². The summed E-state index contributed by atoms with van der Waals surface area (Å²) in [5.74, 6) is -1.65. The van der Waals surface area contributed by atoms with Gasteiger partial charge in [-0.3, -0.25) is 4.79 Å². The Morgan fingerprint density at radius 2 is 0.966 bits per heavy atom. The highest BCUT2D eigenvalue weighted by Crippen LogP contribution is 2.58. The molecular weight excluding hydrogens is 1100 g/mol. The van der Waals surface area contributed by atoms with Crippen LogP contribution in [-0.4, -0.2) is 22.7 Å². The van der Waals surface area contributed by atoms with Crippen molar-refractivity contribution < 1.29 is 14.7 Å². The van der Waals surface area contributed by atoms with Gasteiger partial charge in [-0.2, -0.15) is 10.1 Å². The van der Waals surface area contributed by atoms with E-state index in [1.54, 1.807) is 29.5 Å². The number of aliphatic carboxylic acids is 1. The van der Waals surface area contributed by atoms with Gasteiger partial charge in [0.25, 0.3) is 5.91 Å². The number of benzene rings is 6. The molecule has 0 unspecified atom stereocenters. The Kier molecular flexibility index (Phi) is 19.7. The molecule has 3 aliphatic rings. The van der Waals surface area contributed by atoms with Crippen molar-refractivity contribution in [3.63, 3.8) is 0 Å². The summed E-state index contributed by atoms with van der Waals surface area (Å²) < 4.78 is 0. The summed E-state index contributed by atoms with van der Waals surface area (Å²) in [7, 11) is 0. The van der Waals surface area contributed by atoms with E-state index in [2.05, 4.69) is 173 Å². The zero-order valence-corrected chi connectivity index (χ0v) is 54.1. The number of amides is 1. The van der Waals surface area contributed by atoms with Gasteiger partial charge in [-0.1, -0.05) is 222 Å². The van der Waals surface area contributed by atoms with Gasteiger partial charge in [-0.05, 0) is 179 Å². The van der Waals surface area contributed by atoms with Crippen LogP contribution in [0.2, 0.25) is 0 Å². The second-order valence-corrected chi connectivity index (χ2v) is 27.0. The van der Waals surface area contributed by atoms with Crippen LogP contribution in [0.25, 0.3) is 48.5 Å². The Morgan fingerprint density at radius 3 is 1.47 bits per heavy atom. The SMILES string of the molecule is CCCCCCc1cc(-c2sc(/C=C3\C(=O)N(c4ccccc4)N=C3C(=O)O)cc2CCCCCC)sc1-c1ccc(N(c2ccc3c(c2)C(CCCC)(CCCC)c2ccccc2-3)c2ccc3c(c2)C(CCCC)(CCCC)c2ccccc2-3)cc1. The van der Waals surface area contributed by atoms with Gasteiger partial charge in [0.05, 0.1) is 11.3 Å². The predicted molar refractivity (Wildman–Crippen MR) is 371 cm³/mol. The fraction of sp³-hybridized carbons (Fsp3) is 0.380. The molecule has 0 fully saturated rings. The molecule has 1 N–H and O–H groups in total. The standard InChI is InChI=1S/C79H89N3O3S2/c1-7-13-19-22-30-56-50-62(54-67-73(77(84)85)80-82(76(67)83)59-32-24-21-25-33-59)86-75(56)72-51-57(31-23-20-14-8-2)74(87-72)55-38-40-58(41-39-55)81(60-42-44-65-63-34-26-28-36-68(63)78(46-15-9-3,47-16-10-4)70(65)52-60)61-43-45-66-64-35-27-29-37-69(64)79(48-17-11-5,49-18-12-6)71(66)53-61/h21,24-29,32-45,50-54H,7-20,22-23,30-31,46-49H2,1-6H3,(H,84,85)/b67-54-. The monoisotopic (exact) mass is 1190 g/mol. The molecule has 1 amide bonds. The van der Waals surface area contributed by atoms with Crippen molar-refractivity contribution in [1.82, 2.24) is 0 Å². The molecule has 1 aliphatic heterocycles. The minimum absolute atomic E-state index is 0.0499. The number of carboxylic acid groups (broad SMARTS) is 1. The Labute approximate surface area is 527 Å². The van der Waals surface area contributed by atoms with Crippen LogP contribution in [0.15, 0.2) is 162 Å². The highest BCUT2D eigenvalue weighted by Gasteiger charge is 2.44. The number of unbranched alkanes of at least 4 members (excludes halogenated alkanes) is 10. The van der Waals surface area contributed by atoms with Gasteiger partial charge in [0, 0.05) is 47.4 Å². The highest BCUT2D eigenvalue weighted by molar-refractivity contribution is 7.24. The van der Waals surface area contributed by atoms with Gasteiger partial charge in [0.15, 0.2) is 5.71 Å². The van der Waals surface area contributed by atoms with Gasteiger partial charge < -0.3 is 10.0 Å². The van der Waals surface area contributed by atoms with E-state index in [1.165, 1.54) is 169 Å². The average Bonchev–Trinajstić information content (AvgIpc) is 1.65. The lowest BCUT2D eigenvalue weighted by Crippen LogP contribution is -2.26. The number of rotatable bonds is 30. The number of carbonyl (C=O) groups is 2. The van der Waals surface area contributed by atoms with E-state index < -0.39 is 11.9 Å². The third-order valence-electron chi connectivity index (χ3n) is 19.1. The first-order valence-electron chi connectivity index (χ1n) is 33.2. The van der Waals surface area contributed by atoms with E-state index in [-0.39, 0.29) is 22.1 Å². The van der Waals surface area contributed by atoms with Crippen LogP contribution < -0.4 is 9.91 Å². The van der Waals surface area contributed by atoms with Gasteiger partial charge in [0.1, 0.15) is 0 Å². The number of fused-ring (bicyclic) bond motifs is 6. The first-order valence-corrected chi connectivity index (χ1v) is 34.8. The van der Waals surface area contributed by atoms with Crippen LogP contribution in [0.3, 0.4) is 0 Å². The topological polar surface area (TPSA) is 73.2 Å². The molecule has 0 spiro atoms. The van der Waals surface area contributed by atoms with Gasteiger partial charge in [0.2, 0.25) is 0 Å². The fourth-order valence-corrected chi connectivity index (χ4v) is 17.1. The van der Waals surface area contributed by atoms with Crippen LogP contribution in [0.4, 0.5) is 22.7 Å². The molecule has 0 bridgehead atoms. The van der Waals surface area contributed by atoms with Crippen molar-refractivity contribution in [1.29, 1.82) is 0 Å². The molecule has 2 aromatic heterocycles. The number of anilines is 4. The molecule has 0 atom stereocenters. The van der Waals surface area contributed by atoms with E-state index in [0.29, 0.717) is 5.69 Å². The lowest BCUT2D eigenvalue weighted by molar-refractivity contribution is -0.129. The number of hydrogen-bond acceptors (Lipinski definition) is 6. The van der Waals surface area contributed by atoms with Crippen molar-refractivity contribution in [2.24, 2.45) is 5.10 Å². The van der Waals surface area contributed by atoms with Crippen molar-refractivity contribution in [2.75, 3.05) is 9.91 Å². The number of carbonyl (C=O) groups excluding carboxylic acids is 1. The van der Waals surface area contributed by atoms with E-state index in [1.807, 2.05) is 29.5 Å². The number of hydrazone groups is 1. The Morgan fingerprint density at radius 1 is 0.494 bits per heavy atom. The third-order valence-corrected chi connectivity index (χ3v) is 21.6. The quantitative estimate of drug-likeness (QED) is 0.0360. The summed E-state index contributed by atoms with van der Waals surface area (Å²) >= 11 is 3.54. The fourth-order valence-electron chi connectivity index (χ4n) is 14.6. The Balaban J connectivity index is 1.04. The maximum Gasteiger partial charge on any atom is 0.357 e. The molecule has 6 nitrogen and oxygen atoms in total. The molecule has 87 heavy (non-hydrogen) atoms. The zero-order chi connectivity index (χ0) is 60.5. The lowest BCUT2D eigenvalue weighted by Gasteiger charge is -2.35. The number of thiophene rings is 2. The molecule has 0 radical (unpaired) electrons. The maximum atomic E-state index is 14.1. The summed E-state index contributed by atoms with van der Waals surface area (Å²) in [6, 6.07) is 56.8. The molecule has 11 rings (SSSR count). The van der Waals surface area contributed by atoms with Gasteiger partial charge in [-0.25, -0.2) is 4.79 Å². The zero-order valence-electron chi connectivity index (χ0n) is 52.5. The van der Waals surface area contributed by atoms with Crippen LogP contribution in [-0.2, 0) is 33.3 Å². The summed E-state index contributed by atoms with van der Waals surface area (Å²) in [6.45, 7) is 13.9. The third kappa shape index (κ3) is 12.3. The Bertz CT molecular complexity index is 3630. The molecule has 8 heteroatoms. The van der Waals surface area contributed by atoms with Crippen LogP contribution >= 0.6 is 22.7 Å². The Hall–Kier alpha value is -7.13. The minimum Gasteiger partial charge on any atom is -0.476 e. The van der Waals surface area contributed by atoms with Crippen LogP contribution in [0.5, 0.6) is 0 Å². The number of aryl methyl sites for hydroxylation is 2. The highest BCUT2D eigenvalue weighted by atomic mass is 32.1. The lowest BCUT2D eigenvalue weighted by atomic mass is 9.70. The number of hydrogen-bond donors (Lipinski definition) is 1. The molecule has 6 aromatic carbocycles. The summed E-state index contributed by atoms with van der Waals surface area (Å²) in [5, 5.41) is 15.9. The number of nitrogens with zero attached hydrogens (tertiary/aromatic N) is 3. The molecule has 0 saturated heterocycles. The predicted octanol–water partition coefficient (Wildman–Crippen LogP) is 23.0. The first kappa shape index (κ1) is 61.5. The van der Waals surface area contributed by atoms with E-state index >= 15 is 0 Å². The summed E-state index contributed by atoms with van der Waals surface area (Å²) in [4.78, 5) is 33.9. The van der Waals surface area contributed by atoms with Crippen molar-refractivity contribution >= 4 is 69.1 Å². The van der Waals surface area contributed by atoms with Gasteiger partial charge in [-0.15, -0.1) is 22.7 Å². The normalized spacial score (nSPS) is 14.8. The van der Waals surface area contributed by atoms with Crippen LogP contribution in [0.1, 0.15) is 208 Å². The minimum atomic E-state index is -1.22. The molecule has 8 aromatic rings. The van der Waals surface area contributed by atoms with Crippen molar-refractivity contribution in [2.45, 2.75) is 194 Å². The van der Waals surface area contributed by atoms with E-state index in [0.717, 1.165) is 74.8 Å². The molecule has 2 aliphatic carbocycles. The number of para-hydroxylation sites is 1. The van der Waals surface area contributed by atoms with Crippen LogP contribution in [0, 0.1) is 0 Å². The van der Waals surface area contributed by atoms with Gasteiger partial charge >= 0.3 is 5.97 Å². The maximum absolute atomic E-state index is 14.1. The second kappa shape index (κ2) is 27.9. The van der Waals surface area contributed by atoms with E-state index in [9.17, 15) is 14.7 Å². The first-order chi connectivity index (χ1) is 42.6. The van der Waals surface area contributed by atoms with Crippen molar-refractivity contribution in [3.05, 3.63) is 195 Å². The second-order valence-electron chi connectivity index (χ2n) is 24.9. The number of carboxylic acids is 1. The summed E-state index contributed by atoms with van der Waals surface area (Å²) in [5.41, 5.74) is 19.2. The average molecular weight is 1190 g/mol. The van der Waals surface area contributed by atoms with E-state index in [4.69, 9.17) is 0 Å². The largest absolute Gasteiger partial charge is 0.476 e. The molecular formula is C79H89N3O3S2.